The fourth-order valence-corrected chi connectivity index (χ4v) is 4.70. The number of carbonyl (C=O) groups is 1. The van der Waals surface area contributed by atoms with Crippen LogP contribution in [0.2, 0.25) is 0 Å². The van der Waals surface area contributed by atoms with Crippen LogP contribution in [0.15, 0.2) is 83.6 Å². The van der Waals surface area contributed by atoms with Crippen LogP contribution in [0, 0.1) is 6.92 Å². The zero-order valence-electron chi connectivity index (χ0n) is 20.1. The molecule has 0 aliphatic heterocycles. The molecule has 0 unspecified atom stereocenters. The maximum Gasteiger partial charge on any atom is 0.244 e. The number of ether oxygens (including phenoxy) is 1. The Morgan fingerprint density at radius 2 is 1.86 bits per heavy atom. The number of para-hydroxylation sites is 1. The van der Waals surface area contributed by atoms with Gasteiger partial charge in [-0.3, -0.25) is 4.79 Å². The summed E-state index contributed by atoms with van der Waals surface area (Å²) in [6.07, 6.45) is 6.19. The first-order valence-electron chi connectivity index (χ1n) is 11.7. The Morgan fingerprint density at radius 1 is 1.09 bits per heavy atom. The molecule has 35 heavy (non-hydrogen) atoms. The molecule has 176 valence electrons. The molecule has 2 aromatic heterocycles. The lowest BCUT2D eigenvalue weighted by atomic mass is 9.96. The number of aromatic nitrogens is 1. The first-order valence-corrected chi connectivity index (χ1v) is 11.7. The number of methoxy groups -OCH3 is 1. The summed E-state index contributed by atoms with van der Waals surface area (Å²) in [6.45, 7) is 4.47. The van der Waals surface area contributed by atoms with E-state index in [0.717, 1.165) is 50.7 Å². The molecular weight excluding hydrogens is 436 g/mol. The van der Waals surface area contributed by atoms with Crippen LogP contribution >= 0.6 is 0 Å². The molecule has 0 spiro atoms. The normalized spacial score (nSPS) is 11.8. The fourth-order valence-electron chi connectivity index (χ4n) is 4.70. The Hall–Kier alpha value is -4.25. The first-order chi connectivity index (χ1) is 17.1. The van der Waals surface area contributed by atoms with E-state index in [-0.39, 0.29) is 5.91 Å². The highest BCUT2D eigenvalue weighted by Gasteiger charge is 2.18. The maximum absolute atomic E-state index is 12.8. The van der Waals surface area contributed by atoms with Gasteiger partial charge in [0, 0.05) is 51.8 Å². The van der Waals surface area contributed by atoms with Gasteiger partial charge in [-0.1, -0.05) is 48.5 Å². The summed E-state index contributed by atoms with van der Waals surface area (Å²) in [4.78, 5) is 16.0. The second-order valence-electron chi connectivity index (χ2n) is 8.70. The highest BCUT2D eigenvalue weighted by atomic mass is 16.5. The van der Waals surface area contributed by atoms with Crippen LogP contribution in [0.5, 0.6) is 5.75 Å². The van der Waals surface area contributed by atoms with Crippen LogP contribution in [0.1, 0.15) is 23.6 Å². The van der Waals surface area contributed by atoms with Crippen molar-refractivity contribution in [2.24, 2.45) is 0 Å². The lowest BCUT2D eigenvalue weighted by Crippen LogP contribution is -2.23. The zero-order chi connectivity index (χ0) is 24.4. The molecule has 0 aliphatic rings. The van der Waals surface area contributed by atoms with Crippen molar-refractivity contribution >= 4 is 33.4 Å². The second kappa shape index (κ2) is 9.55. The largest absolute Gasteiger partial charge is 0.496 e. The molecule has 1 amide bonds. The summed E-state index contributed by atoms with van der Waals surface area (Å²) in [5.41, 5.74) is 7.81. The number of nitrogens with one attached hydrogen (secondary N) is 2. The van der Waals surface area contributed by atoms with E-state index in [4.69, 9.17) is 9.15 Å². The lowest BCUT2D eigenvalue weighted by molar-refractivity contribution is -0.116. The fraction of sp³-hybridized carbons (Fsp3) is 0.167. The number of aromatic amines is 1. The smallest absolute Gasteiger partial charge is 0.244 e. The maximum atomic E-state index is 12.8. The summed E-state index contributed by atoms with van der Waals surface area (Å²) in [5.74, 6) is 0.587. The molecule has 0 radical (unpaired) electrons. The van der Waals surface area contributed by atoms with Crippen molar-refractivity contribution in [2.75, 3.05) is 13.7 Å². The predicted octanol–water partition coefficient (Wildman–Crippen LogP) is 6.66. The van der Waals surface area contributed by atoms with E-state index in [2.05, 4.69) is 40.6 Å². The molecule has 3 aromatic carbocycles. The van der Waals surface area contributed by atoms with Gasteiger partial charge in [0.1, 0.15) is 11.3 Å². The summed E-state index contributed by atoms with van der Waals surface area (Å²) in [6, 6.07) is 20.4. The average Bonchev–Trinajstić information content (AvgIpc) is 3.49. The van der Waals surface area contributed by atoms with Gasteiger partial charge in [0.25, 0.3) is 0 Å². The molecule has 0 saturated carbocycles. The molecule has 5 nitrogen and oxygen atoms in total. The molecule has 0 bridgehead atoms. The number of amides is 1. The number of furan rings is 1. The van der Waals surface area contributed by atoms with Crippen LogP contribution in [0.4, 0.5) is 0 Å². The van der Waals surface area contributed by atoms with E-state index in [0.29, 0.717) is 12.3 Å². The Balaban J connectivity index is 1.39. The van der Waals surface area contributed by atoms with Crippen molar-refractivity contribution in [1.29, 1.82) is 0 Å². The number of carbonyl (C=O) groups excluding carboxylic acids is 1. The van der Waals surface area contributed by atoms with Gasteiger partial charge in [0.05, 0.1) is 13.4 Å². The van der Waals surface area contributed by atoms with Gasteiger partial charge in [-0.25, -0.2) is 0 Å². The van der Waals surface area contributed by atoms with Crippen molar-refractivity contribution < 1.29 is 13.9 Å². The number of fused-ring (bicyclic) bond motifs is 2. The van der Waals surface area contributed by atoms with Crippen LogP contribution in [0.25, 0.3) is 38.6 Å². The van der Waals surface area contributed by atoms with Gasteiger partial charge in [0.2, 0.25) is 5.91 Å². The first kappa shape index (κ1) is 22.5. The van der Waals surface area contributed by atoms with Gasteiger partial charge in [-0.2, -0.15) is 0 Å². The Bertz CT molecular complexity index is 1540. The van der Waals surface area contributed by atoms with E-state index in [9.17, 15) is 4.79 Å². The number of rotatable bonds is 7. The van der Waals surface area contributed by atoms with E-state index >= 15 is 0 Å². The molecule has 0 fully saturated rings. The van der Waals surface area contributed by atoms with E-state index < -0.39 is 0 Å². The highest BCUT2D eigenvalue weighted by Crippen LogP contribution is 2.40. The summed E-state index contributed by atoms with van der Waals surface area (Å²) >= 11 is 0. The van der Waals surface area contributed by atoms with Crippen molar-refractivity contribution in [1.82, 2.24) is 10.3 Å². The van der Waals surface area contributed by atoms with Gasteiger partial charge in [0.15, 0.2) is 0 Å². The predicted molar refractivity (Wildman–Crippen MR) is 142 cm³/mol. The van der Waals surface area contributed by atoms with Gasteiger partial charge < -0.3 is 19.5 Å². The van der Waals surface area contributed by atoms with Gasteiger partial charge >= 0.3 is 0 Å². The number of aryl methyl sites for hydroxylation is 1. The van der Waals surface area contributed by atoms with E-state index in [1.807, 2.05) is 50.4 Å². The SMILES string of the molecule is COc1c(/C(C)=C/C(=O)NCCc2c[nH]c3ccccc23)cc2c(-c3ccccc3)coc2c1C. The van der Waals surface area contributed by atoms with E-state index in [1.165, 1.54) is 10.9 Å². The number of allylic oxidation sites excluding steroid dienone is 1. The molecule has 5 aromatic rings. The minimum atomic E-state index is -0.127. The Kier molecular flexibility index (Phi) is 6.15. The topological polar surface area (TPSA) is 67.3 Å². The van der Waals surface area contributed by atoms with Crippen molar-refractivity contribution in [2.45, 2.75) is 20.3 Å². The van der Waals surface area contributed by atoms with Gasteiger partial charge in [-0.15, -0.1) is 0 Å². The van der Waals surface area contributed by atoms with Crippen LogP contribution in [0.3, 0.4) is 0 Å². The van der Waals surface area contributed by atoms with Crippen LogP contribution in [-0.4, -0.2) is 24.5 Å². The molecule has 0 saturated heterocycles. The Labute approximate surface area is 204 Å². The highest BCUT2D eigenvalue weighted by molar-refractivity contribution is 6.01. The number of hydrogen-bond donors (Lipinski definition) is 2. The number of benzene rings is 3. The van der Waals surface area contributed by atoms with Crippen LogP contribution in [-0.2, 0) is 11.2 Å². The molecular formula is C30H28N2O3. The minimum absolute atomic E-state index is 0.127. The van der Waals surface area contributed by atoms with Crippen LogP contribution < -0.4 is 10.1 Å². The summed E-state index contributed by atoms with van der Waals surface area (Å²) in [7, 11) is 1.65. The Morgan fingerprint density at radius 3 is 2.66 bits per heavy atom. The standard InChI is InChI=1S/C30H28N2O3/c1-19(15-28(33)31-14-13-22-17-32-27-12-8-7-11-23(22)27)24-16-25-26(21-9-5-4-6-10-21)18-35-30(25)20(2)29(24)34-3/h4-12,15-18,32H,13-14H2,1-3H3,(H,31,33)/b19-15+. The quantitative estimate of drug-likeness (QED) is 0.265. The third kappa shape index (κ3) is 4.33. The molecule has 2 N–H and O–H groups in total. The molecule has 5 heteroatoms. The molecule has 0 atom stereocenters. The monoisotopic (exact) mass is 464 g/mol. The minimum Gasteiger partial charge on any atom is -0.496 e. The number of hydrogen-bond acceptors (Lipinski definition) is 3. The third-order valence-corrected chi connectivity index (χ3v) is 6.47. The van der Waals surface area contributed by atoms with Gasteiger partial charge in [-0.05, 0) is 49.1 Å². The van der Waals surface area contributed by atoms with Crippen molar-refractivity contribution in [3.05, 3.63) is 95.9 Å². The average molecular weight is 465 g/mol. The molecule has 2 heterocycles. The summed E-state index contributed by atoms with van der Waals surface area (Å²) in [5, 5.41) is 5.21. The van der Waals surface area contributed by atoms with Crippen molar-refractivity contribution in [3.8, 4) is 16.9 Å². The molecule has 0 aliphatic carbocycles. The van der Waals surface area contributed by atoms with E-state index in [1.54, 1.807) is 19.4 Å². The zero-order valence-corrected chi connectivity index (χ0v) is 20.1. The summed E-state index contributed by atoms with van der Waals surface area (Å²) < 4.78 is 11.7. The number of H-pyrrole nitrogens is 1. The second-order valence-corrected chi connectivity index (χ2v) is 8.70. The third-order valence-electron chi connectivity index (χ3n) is 6.47. The molecule has 5 rings (SSSR count). The van der Waals surface area contributed by atoms with Crippen molar-refractivity contribution in [3.63, 3.8) is 0 Å². The lowest BCUT2D eigenvalue weighted by Gasteiger charge is -2.13.